The van der Waals surface area contributed by atoms with Gasteiger partial charge in [0, 0.05) is 24.8 Å². The van der Waals surface area contributed by atoms with Crippen molar-refractivity contribution in [3.05, 3.63) is 30.2 Å². The average Bonchev–Trinajstić information content (AvgIpc) is 3.19. The van der Waals surface area contributed by atoms with Crippen LogP contribution in [-0.4, -0.2) is 33.5 Å². The Kier molecular flexibility index (Phi) is 4.09. The van der Waals surface area contributed by atoms with Crippen molar-refractivity contribution < 1.29 is 9.47 Å². The maximum atomic E-state index is 6.11. The summed E-state index contributed by atoms with van der Waals surface area (Å²) in [5.41, 5.74) is 9.70. The lowest BCUT2D eigenvalue weighted by atomic mass is 10.1. The molecule has 0 unspecified atom stereocenters. The molecule has 0 bridgehead atoms. The van der Waals surface area contributed by atoms with Crippen LogP contribution in [0.25, 0.3) is 21.9 Å². The number of hydrogen-bond donors (Lipinski definition) is 1. The summed E-state index contributed by atoms with van der Waals surface area (Å²) >= 11 is 0. The Labute approximate surface area is 146 Å². The molecule has 132 valence electrons. The lowest BCUT2D eigenvalue weighted by Crippen LogP contribution is -2.25. The molecule has 25 heavy (non-hydrogen) atoms. The molecule has 1 aliphatic rings. The van der Waals surface area contributed by atoms with Gasteiger partial charge in [-0.15, -0.1) is 0 Å². The van der Waals surface area contributed by atoms with Gasteiger partial charge in [-0.25, -0.2) is 4.98 Å². The monoisotopic (exact) mass is 340 g/mol. The number of ether oxygens (including phenoxy) is 2. The van der Waals surface area contributed by atoms with Crippen LogP contribution in [0.15, 0.2) is 24.4 Å². The molecule has 2 N–H and O–H groups in total. The maximum Gasteiger partial charge on any atom is 0.165 e. The third-order valence-corrected chi connectivity index (χ3v) is 4.94. The Bertz CT molecular complexity index is 913. The largest absolute Gasteiger partial charge is 0.397 e. The van der Waals surface area contributed by atoms with Gasteiger partial charge in [0.25, 0.3) is 0 Å². The van der Waals surface area contributed by atoms with E-state index in [0.29, 0.717) is 18.9 Å². The van der Waals surface area contributed by atoms with Gasteiger partial charge >= 0.3 is 0 Å². The van der Waals surface area contributed by atoms with Gasteiger partial charge < -0.3 is 19.8 Å². The first-order valence-corrected chi connectivity index (χ1v) is 8.91. The summed E-state index contributed by atoms with van der Waals surface area (Å²) in [5.74, 6) is 0.627. The van der Waals surface area contributed by atoms with E-state index in [4.69, 9.17) is 20.2 Å². The van der Waals surface area contributed by atoms with Crippen molar-refractivity contribution in [2.75, 3.05) is 18.9 Å². The lowest BCUT2D eigenvalue weighted by Gasteiger charge is -2.22. The fourth-order valence-electron chi connectivity index (χ4n) is 3.69. The Hall–Kier alpha value is -2.18. The van der Waals surface area contributed by atoms with Gasteiger partial charge in [0.1, 0.15) is 11.3 Å². The third-order valence-electron chi connectivity index (χ3n) is 4.94. The molecule has 1 aliphatic heterocycles. The minimum atomic E-state index is -0.448. The van der Waals surface area contributed by atoms with Crippen molar-refractivity contribution in [2.24, 2.45) is 0 Å². The first-order chi connectivity index (χ1) is 12.1. The Morgan fingerprint density at radius 2 is 2.08 bits per heavy atom. The first-order valence-electron chi connectivity index (χ1n) is 8.91. The van der Waals surface area contributed by atoms with Crippen molar-refractivity contribution in [1.82, 2.24) is 14.5 Å². The maximum absolute atomic E-state index is 6.11. The zero-order valence-corrected chi connectivity index (χ0v) is 14.8. The number of nitrogens with two attached hydrogens (primary N) is 1. The highest BCUT2D eigenvalue weighted by molar-refractivity contribution is 6.06. The lowest BCUT2D eigenvalue weighted by molar-refractivity contribution is -0.147. The predicted octanol–water partition coefficient (Wildman–Crippen LogP) is 3.27. The zero-order chi connectivity index (χ0) is 17.4. The number of imidazole rings is 1. The number of nitrogen functional groups attached to an aromatic ring is 1. The molecule has 3 heterocycles. The Morgan fingerprint density at radius 1 is 1.28 bits per heavy atom. The minimum Gasteiger partial charge on any atom is -0.397 e. The van der Waals surface area contributed by atoms with Gasteiger partial charge in [-0.05, 0) is 19.4 Å². The Balaban J connectivity index is 1.72. The second-order valence-electron chi connectivity index (χ2n) is 6.70. The van der Waals surface area contributed by atoms with Crippen LogP contribution in [0.3, 0.4) is 0 Å². The molecule has 0 radical (unpaired) electrons. The average molecular weight is 340 g/mol. The third kappa shape index (κ3) is 2.85. The van der Waals surface area contributed by atoms with Gasteiger partial charge in [-0.2, -0.15) is 0 Å². The molecule has 0 aliphatic carbocycles. The topological polar surface area (TPSA) is 75.2 Å². The number of hydrogen-bond acceptors (Lipinski definition) is 5. The van der Waals surface area contributed by atoms with E-state index in [0.717, 1.165) is 53.6 Å². The van der Waals surface area contributed by atoms with Gasteiger partial charge in [0.15, 0.2) is 5.79 Å². The summed E-state index contributed by atoms with van der Waals surface area (Å²) in [4.78, 5) is 9.29. The van der Waals surface area contributed by atoms with Crippen molar-refractivity contribution in [1.29, 1.82) is 0 Å². The molecule has 6 heteroatoms. The molecular weight excluding hydrogens is 316 g/mol. The van der Waals surface area contributed by atoms with Gasteiger partial charge in [0.2, 0.25) is 0 Å². The Morgan fingerprint density at radius 3 is 2.84 bits per heavy atom. The van der Waals surface area contributed by atoms with Gasteiger partial charge in [-0.3, -0.25) is 4.98 Å². The van der Waals surface area contributed by atoms with E-state index in [-0.39, 0.29) is 0 Å². The highest BCUT2D eigenvalue weighted by atomic mass is 16.7. The van der Waals surface area contributed by atoms with E-state index in [1.807, 2.05) is 25.3 Å². The summed E-state index contributed by atoms with van der Waals surface area (Å²) in [6, 6.07) is 5.93. The highest BCUT2D eigenvalue weighted by Gasteiger charge is 2.30. The molecule has 1 saturated heterocycles. The zero-order valence-electron chi connectivity index (χ0n) is 14.8. The van der Waals surface area contributed by atoms with Crippen molar-refractivity contribution in [3.63, 3.8) is 0 Å². The van der Waals surface area contributed by atoms with Crippen molar-refractivity contribution >= 4 is 27.6 Å². The van der Waals surface area contributed by atoms with Crippen LogP contribution in [0.2, 0.25) is 0 Å². The van der Waals surface area contributed by atoms with Crippen LogP contribution in [0.5, 0.6) is 0 Å². The van der Waals surface area contributed by atoms with Gasteiger partial charge in [-0.1, -0.05) is 19.1 Å². The quantitative estimate of drug-likeness (QED) is 0.722. The number of aromatic nitrogens is 3. The van der Waals surface area contributed by atoms with Crippen molar-refractivity contribution in [3.8, 4) is 0 Å². The molecule has 2 aromatic heterocycles. The molecule has 0 spiro atoms. The summed E-state index contributed by atoms with van der Waals surface area (Å²) in [6.07, 6.45) is 4.53. The van der Waals surface area contributed by atoms with E-state index >= 15 is 0 Å². The number of benzene rings is 1. The molecular formula is C19H24N4O2. The van der Waals surface area contributed by atoms with E-state index in [1.165, 1.54) is 0 Å². The van der Waals surface area contributed by atoms with E-state index < -0.39 is 5.79 Å². The molecule has 3 aromatic rings. The van der Waals surface area contributed by atoms with E-state index in [9.17, 15) is 0 Å². The van der Waals surface area contributed by atoms with Crippen LogP contribution in [-0.2, 0) is 22.4 Å². The summed E-state index contributed by atoms with van der Waals surface area (Å²) < 4.78 is 13.7. The first kappa shape index (κ1) is 16.3. The number of para-hydroxylation sites is 1. The SMILES string of the molecule is CCc1nc2cnc3c(N)cccc3c2n1CCCC1(C)OCCO1. The molecule has 0 saturated carbocycles. The molecule has 6 nitrogen and oxygen atoms in total. The summed E-state index contributed by atoms with van der Waals surface area (Å²) in [5, 5.41) is 1.06. The van der Waals surface area contributed by atoms with Crippen LogP contribution in [0.1, 0.15) is 32.5 Å². The molecule has 4 rings (SSSR count). The number of pyridine rings is 1. The fourth-order valence-corrected chi connectivity index (χ4v) is 3.69. The number of nitrogens with zero attached hydrogens (tertiary/aromatic N) is 3. The number of fused-ring (bicyclic) bond motifs is 3. The second-order valence-corrected chi connectivity index (χ2v) is 6.70. The normalized spacial score (nSPS) is 16.9. The van der Waals surface area contributed by atoms with Crippen molar-refractivity contribution in [2.45, 2.75) is 45.4 Å². The highest BCUT2D eigenvalue weighted by Crippen LogP contribution is 2.29. The van der Waals surface area contributed by atoms with Gasteiger partial charge in [0.05, 0.1) is 36.1 Å². The number of aryl methyl sites for hydroxylation is 2. The molecule has 1 aromatic carbocycles. The van der Waals surface area contributed by atoms with Crippen LogP contribution >= 0.6 is 0 Å². The van der Waals surface area contributed by atoms with E-state index in [1.54, 1.807) is 0 Å². The van der Waals surface area contributed by atoms with Crippen LogP contribution in [0.4, 0.5) is 5.69 Å². The number of rotatable bonds is 5. The smallest absolute Gasteiger partial charge is 0.165 e. The standard InChI is InChI=1S/C19H24N4O2/c1-3-16-22-15-12-21-17-13(6-4-7-14(17)20)18(15)23(16)9-5-8-19(2)24-10-11-25-19/h4,6-7,12H,3,5,8-11,20H2,1-2H3. The number of anilines is 1. The van der Waals surface area contributed by atoms with Crippen LogP contribution in [0, 0.1) is 0 Å². The second kappa shape index (κ2) is 6.28. The summed E-state index contributed by atoms with van der Waals surface area (Å²) in [7, 11) is 0. The van der Waals surface area contributed by atoms with Crippen LogP contribution < -0.4 is 5.73 Å². The minimum absolute atomic E-state index is 0.448. The van der Waals surface area contributed by atoms with E-state index in [2.05, 4.69) is 22.5 Å². The molecule has 1 fully saturated rings. The fraction of sp³-hybridized carbons (Fsp3) is 0.474. The molecule has 0 atom stereocenters. The summed E-state index contributed by atoms with van der Waals surface area (Å²) in [6.45, 7) is 6.38. The predicted molar refractivity (Wildman–Crippen MR) is 98.4 cm³/mol. The molecule has 0 amide bonds.